The van der Waals surface area contributed by atoms with E-state index in [4.69, 9.17) is 14.0 Å². The third-order valence-electron chi connectivity index (χ3n) is 10.1. The molecule has 2 atom stereocenters. The average molecular weight is 704 g/mol. The van der Waals surface area contributed by atoms with Gasteiger partial charge in [0.15, 0.2) is 12.0 Å². The number of alkyl halides is 1. The van der Waals surface area contributed by atoms with Gasteiger partial charge in [0.05, 0.1) is 31.4 Å². The van der Waals surface area contributed by atoms with E-state index in [1.54, 1.807) is 18.2 Å². The number of benzene rings is 2. The number of anilines is 3. The Hall–Kier alpha value is -4.36. The molecule has 4 heterocycles. The van der Waals surface area contributed by atoms with E-state index in [0.717, 1.165) is 45.1 Å². The fraction of sp³-hybridized carbons (Fsp3) is 0.514. The number of hydrogen-bond donors (Lipinski definition) is 2. The Balaban J connectivity index is 1.03. The number of nitriles is 1. The highest BCUT2D eigenvalue weighted by Gasteiger charge is 2.40. The first-order valence-electron chi connectivity index (χ1n) is 17.1. The number of rotatable bonds is 9. The van der Waals surface area contributed by atoms with Gasteiger partial charge in [-0.3, -0.25) is 4.90 Å². The summed E-state index contributed by atoms with van der Waals surface area (Å²) < 4.78 is 32.4. The lowest BCUT2D eigenvalue weighted by molar-refractivity contribution is -0.0660. The van der Waals surface area contributed by atoms with Crippen molar-refractivity contribution < 1.29 is 23.2 Å². The first-order valence-corrected chi connectivity index (χ1v) is 20.0. The van der Waals surface area contributed by atoms with Crippen LogP contribution in [0.2, 0.25) is 18.1 Å². The molecule has 3 aliphatic heterocycles. The van der Waals surface area contributed by atoms with E-state index < -0.39 is 26.6 Å². The zero-order chi connectivity index (χ0) is 35.5. The largest absolute Gasteiger partial charge is 0.486 e. The molecule has 13 nitrogen and oxygen atoms in total. The number of likely N-dealkylation sites (tertiary alicyclic amines) is 1. The molecule has 2 unspecified atom stereocenters. The Morgan fingerprint density at radius 3 is 2.44 bits per heavy atom. The van der Waals surface area contributed by atoms with Gasteiger partial charge in [-0.05, 0) is 60.6 Å². The van der Waals surface area contributed by atoms with Crippen molar-refractivity contribution in [3.63, 3.8) is 0 Å². The van der Waals surface area contributed by atoms with Crippen molar-refractivity contribution in [1.29, 1.82) is 5.26 Å². The lowest BCUT2D eigenvalue weighted by Crippen LogP contribution is -2.56. The zero-order valence-electron chi connectivity index (χ0n) is 29.4. The number of nitrogens with one attached hydrogen (secondary N) is 2. The molecule has 0 saturated carbocycles. The average Bonchev–Trinajstić information content (AvgIpc) is 3.08. The van der Waals surface area contributed by atoms with E-state index >= 15 is 4.39 Å². The molecule has 15 heteroatoms. The molecular weight excluding hydrogens is 658 g/mol. The molecular formula is C35H46FN9O4Si. The Bertz CT molecular complexity index is 1690. The molecule has 1 aromatic heterocycles. The molecule has 0 spiro atoms. The Morgan fingerprint density at radius 1 is 1.06 bits per heavy atom. The zero-order valence-corrected chi connectivity index (χ0v) is 30.4. The second kappa shape index (κ2) is 14.9. The van der Waals surface area contributed by atoms with Gasteiger partial charge in [-0.25, -0.2) is 24.6 Å². The normalized spacial score (nSPS) is 20.5. The highest BCUT2D eigenvalue weighted by Crippen LogP contribution is 2.36. The van der Waals surface area contributed by atoms with Crippen LogP contribution in [-0.2, 0) is 9.26 Å². The first-order chi connectivity index (χ1) is 23.9. The molecule has 266 valence electrons. The van der Waals surface area contributed by atoms with Crippen LogP contribution in [0.5, 0.6) is 5.75 Å². The van der Waals surface area contributed by atoms with E-state index in [0.29, 0.717) is 23.4 Å². The number of ether oxygens (including phenoxy) is 2. The monoisotopic (exact) mass is 703 g/mol. The van der Waals surface area contributed by atoms with Crippen LogP contribution in [0, 0.1) is 11.3 Å². The quantitative estimate of drug-likeness (QED) is 0.227. The summed E-state index contributed by atoms with van der Waals surface area (Å²) in [7, 11) is -2.21. The number of nitrogens with zero attached hydrogens (tertiary/aromatic N) is 7. The minimum atomic E-state index is -2.21. The van der Waals surface area contributed by atoms with E-state index in [1.165, 1.54) is 16.9 Å². The van der Waals surface area contributed by atoms with E-state index in [-0.39, 0.29) is 35.9 Å². The molecule has 3 saturated heterocycles. The van der Waals surface area contributed by atoms with Gasteiger partial charge in [0.1, 0.15) is 24.3 Å². The molecule has 2 amide bonds. The SMILES string of the molecule is CC(C)(C)[Si](C)(C)ONC(=O)N1CCC(Oc2ccc(-c3ncnc(Nc4ccc(N5CCN(C6COC6)CC5)cc4)n3)cc2C#N)C(F)C1. The third-order valence-corrected chi connectivity index (χ3v) is 14.3. The van der Waals surface area contributed by atoms with Crippen LogP contribution in [-0.4, -0.2) is 110 Å². The molecule has 3 aliphatic rings. The predicted octanol–water partition coefficient (Wildman–Crippen LogP) is 5.11. The van der Waals surface area contributed by atoms with Gasteiger partial charge in [0.25, 0.3) is 0 Å². The number of piperazine rings is 1. The number of carbonyl (C=O) groups excluding carboxylic acids is 1. The summed E-state index contributed by atoms with van der Waals surface area (Å²) in [5.74, 6) is 0.997. The Morgan fingerprint density at radius 2 is 1.80 bits per heavy atom. The van der Waals surface area contributed by atoms with Crippen LogP contribution in [0.3, 0.4) is 0 Å². The number of aromatic nitrogens is 3. The van der Waals surface area contributed by atoms with Gasteiger partial charge in [-0.1, -0.05) is 20.8 Å². The number of piperidine rings is 1. The number of hydroxylamine groups is 1. The number of carbonyl (C=O) groups is 1. The topological polar surface area (TPSA) is 141 Å². The number of urea groups is 1. The van der Waals surface area contributed by atoms with Crippen molar-refractivity contribution in [3.05, 3.63) is 54.4 Å². The highest BCUT2D eigenvalue weighted by molar-refractivity contribution is 6.74. The fourth-order valence-electron chi connectivity index (χ4n) is 5.77. The molecule has 0 aliphatic carbocycles. The summed E-state index contributed by atoms with van der Waals surface area (Å²) in [6.45, 7) is 16.1. The minimum absolute atomic E-state index is 0.0877. The van der Waals surface area contributed by atoms with Gasteiger partial charge in [0, 0.05) is 56.1 Å². The van der Waals surface area contributed by atoms with Crippen molar-refractivity contribution >= 4 is 31.7 Å². The molecule has 3 fully saturated rings. The van der Waals surface area contributed by atoms with Gasteiger partial charge in [-0.15, -0.1) is 0 Å². The van der Waals surface area contributed by atoms with Gasteiger partial charge < -0.3 is 29.1 Å². The second-order valence-corrected chi connectivity index (χ2v) is 19.2. The number of amides is 2. The van der Waals surface area contributed by atoms with Crippen molar-refractivity contribution in [3.8, 4) is 23.2 Å². The molecule has 3 aromatic rings. The first kappa shape index (κ1) is 35.5. The number of hydrogen-bond acceptors (Lipinski definition) is 11. The van der Waals surface area contributed by atoms with Gasteiger partial charge >= 0.3 is 6.03 Å². The lowest BCUT2D eigenvalue weighted by Gasteiger charge is -2.43. The van der Waals surface area contributed by atoms with Crippen molar-refractivity contribution in [2.75, 3.05) is 62.7 Å². The second-order valence-electron chi connectivity index (χ2n) is 14.5. The molecule has 0 radical (unpaired) electrons. The van der Waals surface area contributed by atoms with Crippen LogP contribution >= 0.6 is 0 Å². The molecule has 0 bridgehead atoms. The third kappa shape index (κ3) is 8.15. The van der Waals surface area contributed by atoms with Gasteiger partial charge in [-0.2, -0.15) is 10.2 Å². The maximum atomic E-state index is 15.3. The molecule has 50 heavy (non-hydrogen) atoms. The maximum absolute atomic E-state index is 15.3. The Kier molecular flexibility index (Phi) is 10.5. The van der Waals surface area contributed by atoms with Crippen LogP contribution in [0.4, 0.5) is 26.5 Å². The maximum Gasteiger partial charge on any atom is 0.340 e. The highest BCUT2D eigenvalue weighted by atomic mass is 28.4. The van der Waals surface area contributed by atoms with Crippen molar-refractivity contribution in [1.82, 2.24) is 30.2 Å². The van der Waals surface area contributed by atoms with Crippen molar-refractivity contribution in [2.45, 2.75) is 63.6 Å². The standard InChI is InChI=1S/C35H46FN9O4Si/c1-35(2,3)50(4,5)49-42-34(46)45-13-12-31(29(36)20-45)48-30-11-6-24(18-25(30)19-37)32-38-23-39-33(41-32)40-26-7-9-27(10-8-26)43-14-16-44(17-15-43)28-21-47-22-28/h6-11,18,23,28-29,31H,12-17,20-22H2,1-5H3,(H,42,46)(H,38,39,40,41). The summed E-state index contributed by atoms with van der Waals surface area (Å²) in [6.07, 6.45) is -0.586. The van der Waals surface area contributed by atoms with Crippen molar-refractivity contribution in [2.24, 2.45) is 0 Å². The van der Waals surface area contributed by atoms with Crippen LogP contribution in [0.15, 0.2) is 48.8 Å². The summed E-state index contributed by atoms with van der Waals surface area (Å²) >= 11 is 0. The molecule has 2 aromatic carbocycles. The van der Waals surface area contributed by atoms with E-state index in [1.807, 2.05) is 25.2 Å². The summed E-state index contributed by atoms with van der Waals surface area (Å²) in [4.78, 5) is 32.2. The van der Waals surface area contributed by atoms with Gasteiger partial charge in [0.2, 0.25) is 14.3 Å². The minimum Gasteiger partial charge on any atom is -0.486 e. The summed E-state index contributed by atoms with van der Waals surface area (Å²) in [5, 5.41) is 13.1. The Labute approximate surface area is 293 Å². The summed E-state index contributed by atoms with van der Waals surface area (Å²) in [5.41, 5.74) is 5.36. The smallest absolute Gasteiger partial charge is 0.340 e. The van der Waals surface area contributed by atoms with Crippen LogP contribution in [0.1, 0.15) is 32.8 Å². The lowest BCUT2D eigenvalue weighted by atomic mass is 10.1. The number of halogens is 1. The molecule has 2 N–H and O–H groups in total. The predicted molar refractivity (Wildman–Crippen MR) is 190 cm³/mol. The van der Waals surface area contributed by atoms with E-state index in [2.05, 4.69) is 74.5 Å². The van der Waals surface area contributed by atoms with Crippen LogP contribution in [0.25, 0.3) is 11.4 Å². The van der Waals surface area contributed by atoms with Crippen LogP contribution < -0.4 is 20.4 Å². The summed E-state index contributed by atoms with van der Waals surface area (Å²) in [6, 6.07) is 15.4. The molecule has 6 rings (SSSR count). The van der Waals surface area contributed by atoms with E-state index in [9.17, 15) is 10.1 Å². The fourth-order valence-corrected chi connectivity index (χ4v) is 6.42.